The molecule has 0 bridgehead atoms. The molecule has 0 fully saturated rings. The Balaban J connectivity index is 2.41. The Hall–Kier alpha value is -2.16. The highest BCUT2D eigenvalue weighted by Gasteiger charge is 2.07. The van der Waals surface area contributed by atoms with E-state index in [1.807, 2.05) is 32.3 Å². The first-order chi connectivity index (χ1) is 8.65. The monoisotopic (exact) mass is 237 g/mol. The molecule has 3 nitrogen and oxygen atoms in total. The van der Waals surface area contributed by atoms with Crippen LogP contribution in [0.4, 0.5) is 5.69 Å². The van der Waals surface area contributed by atoms with E-state index in [1.54, 1.807) is 0 Å². The van der Waals surface area contributed by atoms with Crippen LogP contribution in [0.1, 0.15) is 5.56 Å². The number of fused-ring (bicyclic) bond motifs is 2. The molecule has 18 heavy (non-hydrogen) atoms. The van der Waals surface area contributed by atoms with Crippen LogP contribution in [-0.4, -0.2) is 24.1 Å². The van der Waals surface area contributed by atoms with E-state index in [9.17, 15) is 0 Å². The third kappa shape index (κ3) is 1.68. The van der Waals surface area contributed by atoms with Gasteiger partial charge in [0.1, 0.15) is 5.52 Å². The Bertz CT molecular complexity index is 732. The normalized spacial score (nSPS) is 11.1. The van der Waals surface area contributed by atoms with Crippen LogP contribution >= 0.6 is 0 Å². The molecule has 0 amide bonds. The third-order valence-electron chi connectivity index (χ3n) is 3.08. The zero-order chi connectivity index (χ0) is 12.7. The van der Waals surface area contributed by atoms with Crippen molar-refractivity contribution in [1.82, 2.24) is 9.97 Å². The van der Waals surface area contributed by atoms with Crippen molar-refractivity contribution in [2.75, 3.05) is 19.0 Å². The van der Waals surface area contributed by atoms with Crippen LogP contribution in [0.3, 0.4) is 0 Å². The maximum Gasteiger partial charge on any atom is 0.113 e. The molecule has 0 aliphatic rings. The number of para-hydroxylation sites is 1. The Morgan fingerprint density at radius 1 is 0.889 bits per heavy atom. The predicted molar refractivity (Wildman–Crippen MR) is 76.1 cm³/mol. The molecule has 90 valence electrons. The fourth-order valence-corrected chi connectivity index (χ4v) is 2.15. The number of anilines is 1. The van der Waals surface area contributed by atoms with E-state index in [2.05, 4.69) is 30.0 Å². The molecule has 0 radical (unpaired) electrons. The quantitative estimate of drug-likeness (QED) is 0.609. The van der Waals surface area contributed by atoms with Crippen LogP contribution in [0.5, 0.6) is 0 Å². The van der Waals surface area contributed by atoms with Crippen molar-refractivity contribution < 1.29 is 0 Å². The van der Waals surface area contributed by atoms with Gasteiger partial charge in [0.2, 0.25) is 0 Å². The topological polar surface area (TPSA) is 29.0 Å². The predicted octanol–water partition coefficient (Wildman–Crippen LogP) is 3.16. The molecule has 2 aromatic carbocycles. The average Bonchev–Trinajstić information content (AvgIpc) is 2.35. The summed E-state index contributed by atoms with van der Waals surface area (Å²) < 4.78 is 0. The molecule has 0 spiro atoms. The van der Waals surface area contributed by atoms with Gasteiger partial charge in [-0.3, -0.25) is 0 Å². The van der Waals surface area contributed by atoms with Crippen molar-refractivity contribution in [3.63, 3.8) is 0 Å². The van der Waals surface area contributed by atoms with Crippen molar-refractivity contribution in [2.45, 2.75) is 6.92 Å². The molecule has 3 heteroatoms. The van der Waals surface area contributed by atoms with Crippen LogP contribution in [0.15, 0.2) is 36.4 Å². The second-order valence-corrected chi connectivity index (χ2v) is 4.76. The molecular formula is C15H15N3. The Labute approximate surface area is 106 Å². The number of aryl methyl sites for hydroxylation is 1. The molecule has 0 atom stereocenters. The highest BCUT2D eigenvalue weighted by atomic mass is 15.1. The summed E-state index contributed by atoms with van der Waals surface area (Å²) in [5.74, 6) is 0. The molecule has 0 saturated carbocycles. The second kappa shape index (κ2) is 3.95. The number of hydrogen-bond donors (Lipinski definition) is 0. The minimum Gasteiger partial charge on any atom is -0.376 e. The summed E-state index contributed by atoms with van der Waals surface area (Å²) in [6.45, 7) is 2.07. The van der Waals surface area contributed by atoms with E-state index < -0.39 is 0 Å². The van der Waals surface area contributed by atoms with Crippen molar-refractivity contribution in [3.05, 3.63) is 42.0 Å². The number of rotatable bonds is 1. The number of hydrogen-bond acceptors (Lipinski definition) is 3. The Morgan fingerprint density at radius 2 is 1.72 bits per heavy atom. The maximum atomic E-state index is 4.74. The van der Waals surface area contributed by atoms with Crippen LogP contribution in [0, 0.1) is 6.92 Å². The van der Waals surface area contributed by atoms with Gasteiger partial charge in [0, 0.05) is 14.1 Å². The minimum atomic E-state index is 0.944. The first-order valence-electron chi connectivity index (χ1n) is 5.99. The molecule has 0 aliphatic heterocycles. The number of aromatic nitrogens is 2. The van der Waals surface area contributed by atoms with Crippen molar-refractivity contribution in [2.24, 2.45) is 0 Å². The van der Waals surface area contributed by atoms with E-state index in [0.29, 0.717) is 0 Å². The molecule has 3 rings (SSSR count). The summed E-state index contributed by atoms with van der Waals surface area (Å²) in [5.41, 5.74) is 6.11. The second-order valence-electron chi connectivity index (χ2n) is 4.76. The first kappa shape index (κ1) is 11.0. The van der Waals surface area contributed by atoms with Crippen LogP contribution in [0.2, 0.25) is 0 Å². The molecule has 3 aromatic rings. The third-order valence-corrected chi connectivity index (χ3v) is 3.08. The van der Waals surface area contributed by atoms with Gasteiger partial charge in [0.25, 0.3) is 0 Å². The fourth-order valence-electron chi connectivity index (χ4n) is 2.15. The van der Waals surface area contributed by atoms with Gasteiger partial charge in [-0.05, 0) is 36.8 Å². The highest BCUT2D eigenvalue weighted by molar-refractivity contribution is 5.93. The summed E-state index contributed by atoms with van der Waals surface area (Å²) in [7, 11) is 4.05. The van der Waals surface area contributed by atoms with Crippen LogP contribution in [0.25, 0.3) is 22.1 Å². The zero-order valence-corrected chi connectivity index (χ0v) is 10.8. The lowest BCUT2D eigenvalue weighted by molar-refractivity contribution is 1.13. The molecular weight excluding hydrogens is 222 g/mol. The Morgan fingerprint density at radius 3 is 2.50 bits per heavy atom. The van der Waals surface area contributed by atoms with E-state index in [1.165, 1.54) is 5.56 Å². The van der Waals surface area contributed by atoms with Gasteiger partial charge in [0.15, 0.2) is 0 Å². The van der Waals surface area contributed by atoms with Gasteiger partial charge in [-0.25, -0.2) is 9.97 Å². The molecule has 1 aromatic heterocycles. The van der Waals surface area contributed by atoms with Gasteiger partial charge in [-0.15, -0.1) is 0 Å². The minimum absolute atomic E-state index is 0.944. The molecule has 1 heterocycles. The number of benzene rings is 2. The lowest BCUT2D eigenvalue weighted by Crippen LogP contribution is -2.09. The molecule has 0 unspecified atom stereocenters. The molecule has 0 N–H and O–H groups in total. The van der Waals surface area contributed by atoms with Crippen LogP contribution < -0.4 is 4.90 Å². The molecule has 0 saturated heterocycles. The van der Waals surface area contributed by atoms with Gasteiger partial charge >= 0.3 is 0 Å². The van der Waals surface area contributed by atoms with E-state index in [-0.39, 0.29) is 0 Å². The summed E-state index contributed by atoms with van der Waals surface area (Å²) >= 11 is 0. The van der Waals surface area contributed by atoms with Gasteiger partial charge in [-0.2, -0.15) is 0 Å². The SMILES string of the molecule is Cc1ccc2nc3c(N(C)C)cccc3nc2c1. The van der Waals surface area contributed by atoms with Crippen LogP contribution in [-0.2, 0) is 0 Å². The lowest BCUT2D eigenvalue weighted by Gasteiger charge is -2.14. The van der Waals surface area contributed by atoms with Gasteiger partial charge in [-0.1, -0.05) is 12.1 Å². The van der Waals surface area contributed by atoms with Crippen molar-refractivity contribution >= 4 is 27.8 Å². The summed E-state index contributed by atoms with van der Waals surface area (Å²) in [6.07, 6.45) is 0. The zero-order valence-electron chi connectivity index (χ0n) is 10.8. The maximum absolute atomic E-state index is 4.74. The lowest BCUT2D eigenvalue weighted by atomic mass is 10.2. The first-order valence-corrected chi connectivity index (χ1v) is 5.99. The van der Waals surface area contributed by atoms with E-state index in [4.69, 9.17) is 9.97 Å². The Kier molecular flexibility index (Phi) is 2.40. The summed E-state index contributed by atoms with van der Waals surface area (Å²) in [4.78, 5) is 11.5. The average molecular weight is 237 g/mol. The smallest absolute Gasteiger partial charge is 0.113 e. The van der Waals surface area contributed by atoms with E-state index in [0.717, 1.165) is 27.8 Å². The number of nitrogens with zero attached hydrogens (tertiary/aromatic N) is 3. The summed E-state index contributed by atoms with van der Waals surface area (Å²) in [6, 6.07) is 12.3. The van der Waals surface area contributed by atoms with Gasteiger partial charge in [0.05, 0.1) is 22.2 Å². The highest BCUT2D eigenvalue weighted by Crippen LogP contribution is 2.24. The standard InChI is InChI=1S/C15H15N3/c1-10-7-8-11-13(9-10)16-12-5-4-6-14(18(2)3)15(12)17-11/h4-9H,1-3H3. The molecule has 0 aliphatic carbocycles. The summed E-state index contributed by atoms with van der Waals surface area (Å²) in [5, 5.41) is 0. The largest absolute Gasteiger partial charge is 0.376 e. The van der Waals surface area contributed by atoms with Gasteiger partial charge < -0.3 is 4.90 Å². The van der Waals surface area contributed by atoms with Crippen molar-refractivity contribution in [1.29, 1.82) is 0 Å². The van der Waals surface area contributed by atoms with Crippen molar-refractivity contribution in [3.8, 4) is 0 Å². The van der Waals surface area contributed by atoms with E-state index >= 15 is 0 Å². The fraction of sp³-hybridized carbons (Fsp3) is 0.200.